The molecule has 1 aliphatic rings. The van der Waals surface area contributed by atoms with E-state index in [1.165, 1.54) is 6.07 Å². The minimum atomic E-state index is -0.792. The van der Waals surface area contributed by atoms with Gasteiger partial charge in [-0.15, -0.1) is 0 Å². The normalized spacial score (nSPS) is 17.0. The molecular weight excluding hydrogens is 349 g/mol. The highest BCUT2D eigenvalue weighted by molar-refractivity contribution is 5.69. The maximum atomic E-state index is 13.6. The molecule has 1 atom stereocenters. The average Bonchev–Trinajstić information content (AvgIpc) is 2.62. The van der Waals surface area contributed by atoms with E-state index in [0.717, 1.165) is 18.7 Å². The van der Waals surface area contributed by atoms with Gasteiger partial charge < -0.3 is 15.5 Å². The van der Waals surface area contributed by atoms with Crippen molar-refractivity contribution >= 4 is 28.7 Å². The van der Waals surface area contributed by atoms with Crippen molar-refractivity contribution in [2.24, 2.45) is 0 Å². The summed E-state index contributed by atoms with van der Waals surface area (Å²) >= 11 is 0. The van der Waals surface area contributed by atoms with E-state index in [1.807, 2.05) is 43.0 Å². The Balaban J connectivity index is 1.78. The number of halogens is 1. The summed E-state index contributed by atoms with van der Waals surface area (Å²) in [5.41, 5.74) is 1.54. The Labute approximate surface area is 157 Å². The summed E-state index contributed by atoms with van der Waals surface area (Å²) < 4.78 is 13.6. The number of aromatic nitrogens is 1. The Morgan fingerprint density at radius 2 is 2.00 bits per heavy atom. The number of hydrogen-bond acceptors (Lipinski definition) is 6. The van der Waals surface area contributed by atoms with E-state index in [1.54, 1.807) is 6.07 Å². The third kappa shape index (κ3) is 4.84. The van der Waals surface area contributed by atoms with Crippen molar-refractivity contribution in [2.75, 3.05) is 28.6 Å². The molecule has 1 saturated heterocycles. The number of pyridine rings is 1. The standard InChI is InChI=1S/C19H24FN5O2/c1-13(2)21-18-10-9-17(25(26)27)19(23-18)22-15-5-7-16(8-6-15)24-11-3-4-14(20)12-24/h5-10,13-14H,3-4,11-12H2,1-2H3,(H2,21,22,23). The largest absolute Gasteiger partial charge is 0.369 e. The van der Waals surface area contributed by atoms with Gasteiger partial charge in [-0.3, -0.25) is 10.1 Å². The molecular formula is C19H24FN5O2. The molecule has 1 fully saturated rings. The van der Waals surface area contributed by atoms with Gasteiger partial charge >= 0.3 is 5.69 Å². The molecule has 0 spiro atoms. The summed E-state index contributed by atoms with van der Waals surface area (Å²) in [6, 6.07) is 10.6. The van der Waals surface area contributed by atoms with Crippen molar-refractivity contribution < 1.29 is 9.31 Å². The van der Waals surface area contributed by atoms with E-state index in [0.29, 0.717) is 24.5 Å². The van der Waals surface area contributed by atoms with Gasteiger partial charge in [0.05, 0.1) is 4.92 Å². The van der Waals surface area contributed by atoms with Gasteiger partial charge in [0.1, 0.15) is 12.0 Å². The van der Waals surface area contributed by atoms with Gasteiger partial charge in [-0.1, -0.05) is 0 Å². The molecule has 1 aliphatic heterocycles. The summed E-state index contributed by atoms with van der Waals surface area (Å²) in [6.45, 7) is 5.18. The van der Waals surface area contributed by atoms with Crippen LogP contribution in [0.3, 0.4) is 0 Å². The molecule has 27 heavy (non-hydrogen) atoms. The summed E-state index contributed by atoms with van der Waals surface area (Å²) in [7, 11) is 0. The third-order valence-electron chi connectivity index (χ3n) is 4.37. The van der Waals surface area contributed by atoms with E-state index >= 15 is 0 Å². The Bertz CT molecular complexity index is 797. The molecule has 1 aromatic heterocycles. The number of piperidine rings is 1. The van der Waals surface area contributed by atoms with Crippen LogP contribution in [0.2, 0.25) is 0 Å². The van der Waals surface area contributed by atoms with Crippen LogP contribution >= 0.6 is 0 Å². The number of alkyl halides is 1. The second kappa shape index (κ2) is 8.20. The molecule has 0 saturated carbocycles. The molecule has 1 aromatic carbocycles. The lowest BCUT2D eigenvalue weighted by molar-refractivity contribution is -0.384. The molecule has 2 N–H and O–H groups in total. The van der Waals surface area contributed by atoms with Crippen molar-refractivity contribution in [2.45, 2.75) is 38.9 Å². The first-order chi connectivity index (χ1) is 12.9. The van der Waals surface area contributed by atoms with Crippen LogP contribution in [-0.4, -0.2) is 35.2 Å². The molecule has 1 unspecified atom stereocenters. The monoisotopic (exact) mass is 373 g/mol. The van der Waals surface area contributed by atoms with E-state index in [-0.39, 0.29) is 17.5 Å². The predicted octanol–water partition coefficient (Wildman–Crippen LogP) is 4.49. The maximum absolute atomic E-state index is 13.6. The van der Waals surface area contributed by atoms with E-state index in [2.05, 4.69) is 15.6 Å². The van der Waals surface area contributed by atoms with Crippen LogP contribution in [0.4, 0.5) is 33.1 Å². The zero-order chi connectivity index (χ0) is 19.4. The molecule has 0 bridgehead atoms. The number of anilines is 4. The molecule has 0 amide bonds. The first kappa shape index (κ1) is 18.9. The summed E-state index contributed by atoms with van der Waals surface area (Å²) in [4.78, 5) is 17.2. The van der Waals surface area contributed by atoms with Crippen LogP contribution in [0.5, 0.6) is 0 Å². The molecule has 2 aromatic rings. The summed E-state index contributed by atoms with van der Waals surface area (Å²) in [6.07, 6.45) is 0.665. The fourth-order valence-electron chi connectivity index (χ4n) is 3.12. The number of benzene rings is 1. The number of nitrogens with one attached hydrogen (secondary N) is 2. The third-order valence-corrected chi connectivity index (χ3v) is 4.37. The molecule has 2 heterocycles. The molecule has 7 nitrogen and oxygen atoms in total. The number of rotatable bonds is 6. The number of nitro groups is 1. The highest BCUT2D eigenvalue weighted by atomic mass is 19.1. The van der Waals surface area contributed by atoms with E-state index < -0.39 is 11.1 Å². The zero-order valence-corrected chi connectivity index (χ0v) is 15.5. The molecule has 144 valence electrons. The van der Waals surface area contributed by atoms with Gasteiger partial charge in [0.15, 0.2) is 0 Å². The SMILES string of the molecule is CC(C)Nc1ccc([N+](=O)[O-])c(Nc2ccc(N3CCCC(F)C3)cc2)n1. The fraction of sp³-hybridized carbons (Fsp3) is 0.421. The summed E-state index contributed by atoms with van der Waals surface area (Å²) in [5.74, 6) is 0.747. The lowest BCUT2D eigenvalue weighted by Gasteiger charge is -2.31. The van der Waals surface area contributed by atoms with Crippen LogP contribution < -0.4 is 15.5 Å². The summed E-state index contributed by atoms with van der Waals surface area (Å²) in [5, 5.41) is 17.5. The van der Waals surface area contributed by atoms with Crippen LogP contribution in [0.25, 0.3) is 0 Å². The Morgan fingerprint density at radius 1 is 1.26 bits per heavy atom. The van der Waals surface area contributed by atoms with Gasteiger partial charge in [0.2, 0.25) is 5.82 Å². The number of hydrogen-bond donors (Lipinski definition) is 2. The second-order valence-corrected chi connectivity index (χ2v) is 6.98. The smallest absolute Gasteiger partial charge is 0.311 e. The maximum Gasteiger partial charge on any atom is 0.311 e. The van der Waals surface area contributed by atoms with Crippen molar-refractivity contribution in [3.05, 3.63) is 46.5 Å². The van der Waals surface area contributed by atoms with E-state index in [4.69, 9.17) is 0 Å². The Morgan fingerprint density at radius 3 is 2.63 bits per heavy atom. The van der Waals surface area contributed by atoms with Crippen LogP contribution in [-0.2, 0) is 0 Å². The Kier molecular flexibility index (Phi) is 5.73. The first-order valence-electron chi connectivity index (χ1n) is 9.10. The second-order valence-electron chi connectivity index (χ2n) is 6.98. The first-order valence-corrected chi connectivity index (χ1v) is 9.10. The predicted molar refractivity (Wildman–Crippen MR) is 106 cm³/mol. The topological polar surface area (TPSA) is 83.3 Å². The van der Waals surface area contributed by atoms with Gasteiger partial charge in [-0.2, -0.15) is 0 Å². The quantitative estimate of drug-likeness (QED) is 0.573. The van der Waals surface area contributed by atoms with Gasteiger partial charge in [0.25, 0.3) is 0 Å². The highest BCUT2D eigenvalue weighted by Crippen LogP contribution is 2.29. The van der Waals surface area contributed by atoms with Gasteiger partial charge in [0, 0.05) is 36.6 Å². The average molecular weight is 373 g/mol. The zero-order valence-electron chi connectivity index (χ0n) is 15.5. The molecule has 3 rings (SSSR count). The Hall–Kier alpha value is -2.90. The minimum absolute atomic E-state index is 0.0929. The van der Waals surface area contributed by atoms with Crippen LogP contribution in [0.1, 0.15) is 26.7 Å². The lowest BCUT2D eigenvalue weighted by atomic mass is 10.1. The highest BCUT2D eigenvalue weighted by Gasteiger charge is 2.20. The molecule has 0 radical (unpaired) electrons. The molecule has 0 aliphatic carbocycles. The van der Waals surface area contributed by atoms with Crippen molar-refractivity contribution in [1.29, 1.82) is 0 Å². The van der Waals surface area contributed by atoms with Crippen molar-refractivity contribution in [3.63, 3.8) is 0 Å². The van der Waals surface area contributed by atoms with Crippen LogP contribution in [0.15, 0.2) is 36.4 Å². The van der Waals surface area contributed by atoms with Gasteiger partial charge in [-0.25, -0.2) is 9.37 Å². The fourth-order valence-corrected chi connectivity index (χ4v) is 3.12. The van der Waals surface area contributed by atoms with Crippen molar-refractivity contribution in [1.82, 2.24) is 4.98 Å². The van der Waals surface area contributed by atoms with Gasteiger partial charge in [-0.05, 0) is 57.0 Å². The van der Waals surface area contributed by atoms with E-state index in [9.17, 15) is 14.5 Å². The van der Waals surface area contributed by atoms with Crippen molar-refractivity contribution in [3.8, 4) is 0 Å². The molecule has 8 heteroatoms. The number of nitrogens with zero attached hydrogens (tertiary/aromatic N) is 3. The minimum Gasteiger partial charge on any atom is -0.369 e. The van der Waals surface area contributed by atoms with Crippen LogP contribution in [0, 0.1) is 10.1 Å². The lowest BCUT2D eigenvalue weighted by Crippen LogP contribution is -2.36.